The summed E-state index contributed by atoms with van der Waals surface area (Å²) in [6, 6.07) is 13.2. The Bertz CT molecular complexity index is 948. The van der Waals surface area contributed by atoms with Gasteiger partial charge in [0.1, 0.15) is 11.6 Å². The normalized spacial score (nSPS) is 11.9. The first-order chi connectivity index (χ1) is 13.4. The summed E-state index contributed by atoms with van der Waals surface area (Å²) in [5, 5.41) is 11.6. The van der Waals surface area contributed by atoms with Gasteiger partial charge < -0.3 is 14.6 Å². The van der Waals surface area contributed by atoms with Crippen molar-refractivity contribution in [3.63, 3.8) is 0 Å². The van der Waals surface area contributed by atoms with Gasteiger partial charge in [0.05, 0.1) is 5.75 Å². The molecular formula is C19H18BrFN4O2S. The predicted molar refractivity (Wildman–Crippen MR) is 110 cm³/mol. The number of ether oxygens (including phenoxy) is 1. The number of hydrogen-bond donors (Lipinski definition) is 1. The van der Waals surface area contributed by atoms with Gasteiger partial charge in [-0.05, 0) is 55.5 Å². The summed E-state index contributed by atoms with van der Waals surface area (Å²) in [6.07, 6.45) is -0.305. The largest absolute Gasteiger partial charge is 0.483 e. The summed E-state index contributed by atoms with van der Waals surface area (Å²) >= 11 is 4.66. The van der Waals surface area contributed by atoms with Crippen molar-refractivity contribution in [1.82, 2.24) is 14.8 Å². The minimum atomic E-state index is -0.349. The monoisotopic (exact) mass is 464 g/mol. The van der Waals surface area contributed by atoms with E-state index >= 15 is 0 Å². The maximum Gasteiger partial charge on any atom is 0.234 e. The number of thioether (sulfide) groups is 1. The number of nitrogens with zero attached hydrogens (tertiary/aromatic N) is 3. The number of rotatable bonds is 7. The molecule has 9 heteroatoms. The maximum atomic E-state index is 12.9. The fraction of sp³-hybridized carbons (Fsp3) is 0.211. The van der Waals surface area contributed by atoms with Crippen LogP contribution in [0.3, 0.4) is 0 Å². The summed E-state index contributed by atoms with van der Waals surface area (Å²) in [7, 11) is 1.83. The topological polar surface area (TPSA) is 69.0 Å². The molecule has 0 aliphatic rings. The molecule has 0 radical (unpaired) electrons. The number of benzene rings is 2. The van der Waals surface area contributed by atoms with Crippen molar-refractivity contribution in [1.29, 1.82) is 0 Å². The zero-order chi connectivity index (χ0) is 20.1. The second-order valence-corrected chi connectivity index (χ2v) is 7.82. The molecule has 0 fully saturated rings. The van der Waals surface area contributed by atoms with Crippen molar-refractivity contribution in [2.45, 2.75) is 18.2 Å². The van der Waals surface area contributed by atoms with Crippen LogP contribution in [0.2, 0.25) is 0 Å². The Morgan fingerprint density at radius 2 is 1.89 bits per heavy atom. The van der Waals surface area contributed by atoms with Gasteiger partial charge in [-0.25, -0.2) is 4.39 Å². The molecule has 1 atom stereocenters. The van der Waals surface area contributed by atoms with E-state index in [0.29, 0.717) is 16.7 Å². The van der Waals surface area contributed by atoms with E-state index in [1.165, 1.54) is 36.0 Å². The number of nitrogens with one attached hydrogen (secondary N) is 1. The Morgan fingerprint density at radius 1 is 1.21 bits per heavy atom. The fourth-order valence-corrected chi connectivity index (χ4v) is 3.42. The molecule has 28 heavy (non-hydrogen) atoms. The smallest absolute Gasteiger partial charge is 0.234 e. The zero-order valence-corrected chi connectivity index (χ0v) is 17.6. The molecule has 3 aromatic rings. The third kappa shape index (κ3) is 5.32. The number of aromatic nitrogens is 3. The third-order valence-electron chi connectivity index (χ3n) is 3.82. The van der Waals surface area contributed by atoms with Crippen LogP contribution < -0.4 is 10.1 Å². The van der Waals surface area contributed by atoms with Crippen molar-refractivity contribution < 1.29 is 13.9 Å². The van der Waals surface area contributed by atoms with Gasteiger partial charge in [0, 0.05) is 17.2 Å². The van der Waals surface area contributed by atoms with E-state index in [4.69, 9.17) is 4.74 Å². The maximum absolute atomic E-state index is 12.9. The average Bonchev–Trinajstić information content (AvgIpc) is 3.04. The van der Waals surface area contributed by atoms with Gasteiger partial charge in [0.2, 0.25) is 5.91 Å². The number of anilines is 1. The van der Waals surface area contributed by atoms with E-state index in [2.05, 4.69) is 31.4 Å². The minimum Gasteiger partial charge on any atom is -0.483 e. The van der Waals surface area contributed by atoms with E-state index in [1.54, 1.807) is 4.57 Å². The molecule has 0 saturated heterocycles. The van der Waals surface area contributed by atoms with Crippen LogP contribution in [0, 0.1) is 5.82 Å². The first kappa shape index (κ1) is 20.3. The van der Waals surface area contributed by atoms with Crippen molar-refractivity contribution in [3.8, 4) is 5.75 Å². The highest BCUT2D eigenvalue weighted by Gasteiger charge is 2.18. The quantitative estimate of drug-likeness (QED) is 0.517. The van der Waals surface area contributed by atoms with E-state index < -0.39 is 0 Å². The standard InChI is InChI=1S/C19H18BrFN4O2S/c1-12(27-16-9-3-13(20)4-10-16)18-23-24-19(25(18)2)28-11-17(26)22-15-7-5-14(21)6-8-15/h3-10,12H,11H2,1-2H3,(H,22,26). The average molecular weight is 465 g/mol. The Kier molecular flexibility index (Phi) is 6.69. The second-order valence-electron chi connectivity index (χ2n) is 5.96. The fourth-order valence-electron chi connectivity index (χ4n) is 2.44. The van der Waals surface area contributed by atoms with E-state index in [0.717, 1.165) is 10.2 Å². The van der Waals surface area contributed by atoms with Gasteiger partial charge in [-0.1, -0.05) is 27.7 Å². The Hall–Kier alpha value is -2.39. The van der Waals surface area contributed by atoms with Crippen molar-refractivity contribution in [2.24, 2.45) is 7.05 Å². The van der Waals surface area contributed by atoms with Crippen molar-refractivity contribution >= 4 is 39.3 Å². The van der Waals surface area contributed by atoms with Crippen LogP contribution >= 0.6 is 27.7 Å². The number of carbonyl (C=O) groups excluding carboxylic acids is 1. The summed E-state index contributed by atoms with van der Waals surface area (Å²) in [5.41, 5.74) is 0.544. The van der Waals surface area contributed by atoms with Crippen molar-refractivity contribution in [3.05, 3.63) is 64.6 Å². The molecule has 0 aliphatic heterocycles. The van der Waals surface area contributed by atoms with Gasteiger partial charge in [-0.2, -0.15) is 0 Å². The van der Waals surface area contributed by atoms with E-state index in [1.807, 2.05) is 38.2 Å². The first-order valence-corrected chi connectivity index (χ1v) is 10.2. The zero-order valence-electron chi connectivity index (χ0n) is 15.2. The van der Waals surface area contributed by atoms with Crippen LogP contribution in [0.15, 0.2) is 58.2 Å². The summed E-state index contributed by atoms with van der Waals surface area (Å²) in [4.78, 5) is 12.1. The van der Waals surface area contributed by atoms with Gasteiger partial charge in [0.25, 0.3) is 0 Å². The Balaban J connectivity index is 1.57. The first-order valence-electron chi connectivity index (χ1n) is 8.42. The molecule has 146 valence electrons. The lowest BCUT2D eigenvalue weighted by Gasteiger charge is -2.14. The molecule has 2 aromatic carbocycles. The summed E-state index contributed by atoms with van der Waals surface area (Å²) in [6.45, 7) is 1.89. The van der Waals surface area contributed by atoms with Crippen LogP contribution in [0.25, 0.3) is 0 Å². The highest BCUT2D eigenvalue weighted by Crippen LogP contribution is 2.24. The molecule has 6 nitrogen and oxygen atoms in total. The number of amides is 1. The number of halogens is 2. The third-order valence-corrected chi connectivity index (χ3v) is 5.37. The summed E-state index contributed by atoms with van der Waals surface area (Å²) in [5.74, 6) is 0.986. The van der Waals surface area contributed by atoms with Crippen LogP contribution in [0.4, 0.5) is 10.1 Å². The van der Waals surface area contributed by atoms with Gasteiger partial charge in [-0.3, -0.25) is 4.79 Å². The van der Waals surface area contributed by atoms with Gasteiger partial charge in [0.15, 0.2) is 17.1 Å². The molecule has 1 N–H and O–H groups in total. The Labute approximate surface area is 174 Å². The van der Waals surface area contributed by atoms with E-state index in [9.17, 15) is 9.18 Å². The molecule has 1 amide bonds. The predicted octanol–water partition coefficient (Wildman–Crippen LogP) is 4.59. The lowest BCUT2D eigenvalue weighted by molar-refractivity contribution is -0.113. The lowest BCUT2D eigenvalue weighted by Crippen LogP contribution is -2.14. The molecule has 1 heterocycles. The molecule has 0 aliphatic carbocycles. The molecule has 0 bridgehead atoms. The molecule has 0 spiro atoms. The number of carbonyl (C=O) groups is 1. The number of hydrogen-bond acceptors (Lipinski definition) is 5. The van der Waals surface area contributed by atoms with Gasteiger partial charge in [-0.15, -0.1) is 10.2 Å². The van der Waals surface area contributed by atoms with E-state index in [-0.39, 0.29) is 23.6 Å². The molecule has 1 unspecified atom stereocenters. The highest BCUT2D eigenvalue weighted by molar-refractivity contribution is 9.10. The van der Waals surface area contributed by atoms with Crippen LogP contribution in [-0.2, 0) is 11.8 Å². The Morgan fingerprint density at radius 3 is 2.57 bits per heavy atom. The molecule has 1 aromatic heterocycles. The highest BCUT2D eigenvalue weighted by atomic mass is 79.9. The molecule has 3 rings (SSSR count). The second kappa shape index (κ2) is 9.20. The van der Waals surface area contributed by atoms with Gasteiger partial charge >= 0.3 is 0 Å². The molecular weight excluding hydrogens is 447 g/mol. The van der Waals surface area contributed by atoms with Crippen LogP contribution in [0.5, 0.6) is 5.75 Å². The van der Waals surface area contributed by atoms with Crippen LogP contribution in [0.1, 0.15) is 18.9 Å². The minimum absolute atomic E-state index is 0.158. The summed E-state index contributed by atoms with van der Waals surface area (Å²) < 4.78 is 21.6. The SMILES string of the molecule is CC(Oc1ccc(Br)cc1)c1nnc(SCC(=O)Nc2ccc(F)cc2)n1C. The lowest BCUT2D eigenvalue weighted by atomic mass is 10.3. The van der Waals surface area contributed by atoms with Crippen molar-refractivity contribution in [2.75, 3.05) is 11.1 Å². The molecule has 0 saturated carbocycles. The van der Waals surface area contributed by atoms with Crippen LogP contribution in [-0.4, -0.2) is 26.4 Å².